The van der Waals surface area contributed by atoms with Gasteiger partial charge in [-0.25, -0.2) is 6.57 Å². The van der Waals surface area contributed by atoms with Gasteiger partial charge in [0, 0.05) is 6.42 Å². The second-order valence-corrected chi connectivity index (χ2v) is 8.35. The van der Waals surface area contributed by atoms with Crippen molar-refractivity contribution < 1.29 is 9.53 Å². The minimum atomic E-state index is -0.0551. The van der Waals surface area contributed by atoms with Gasteiger partial charge in [-0.15, -0.1) is 0 Å². The van der Waals surface area contributed by atoms with E-state index in [9.17, 15) is 4.79 Å². The number of rotatable bonds is 21. The Morgan fingerprint density at radius 2 is 1.21 bits per heavy atom. The number of ether oxygens (including phenoxy) is 1. The largest absolute Gasteiger partial charge is 0.465 e. The summed E-state index contributed by atoms with van der Waals surface area (Å²) < 4.78 is 5.33. The predicted molar refractivity (Wildman–Crippen MR) is 120 cm³/mol. The first-order valence-corrected chi connectivity index (χ1v) is 12.2. The Morgan fingerprint density at radius 1 is 0.750 bits per heavy atom. The monoisotopic (exact) mass is 393 g/mol. The molecule has 164 valence electrons. The summed E-state index contributed by atoms with van der Waals surface area (Å²) in [6.07, 6.45) is 22.2. The van der Waals surface area contributed by atoms with Crippen molar-refractivity contribution in [2.24, 2.45) is 5.92 Å². The number of unbranched alkanes of at least 4 members (excludes halogenated alkanes) is 12. The molecule has 0 aliphatic heterocycles. The average Bonchev–Trinajstić information content (AvgIpc) is 2.69. The van der Waals surface area contributed by atoms with Crippen molar-refractivity contribution >= 4 is 5.97 Å². The molecule has 0 aliphatic carbocycles. The molecule has 0 saturated carbocycles. The van der Waals surface area contributed by atoms with Crippen molar-refractivity contribution in [3.05, 3.63) is 11.4 Å². The van der Waals surface area contributed by atoms with E-state index >= 15 is 0 Å². The summed E-state index contributed by atoms with van der Waals surface area (Å²) >= 11 is 0. The molecule has 0 aromatic heterocycles. The number of nitrogens with zero attached hydrogens (tertiary/aromatic N) is 1. The summed E-state index contributed by atoms with van der Waals surface area (Å²) in [5.41, 5.74) is 0. The number of carbonyl (C=O) groups excluding carboxylic acids is 1. The molecule has 0 bridgehead atoms. The molecule has 0 aromatic carbocycles. The van der Waals surface area contributed by atoms with E-state index in [1.165, 1.54) is 103 Å². The van der Waals surface area contributed by atoms with Crippen LogP contribution in [0.1, 0.15) is 129 Å². The third-order valence-corrected chi connectivity index (χ3v) is 5.56. The Morgan fingerprint density at radius 3 is 1.68 bits per heavy atom. The first-order chi connectivity index (χ1) is 13.7. The summed E-state index contributed by atoms with van der Waals surface area (Å²) in [6.45, 7) is 12.2. The Balaban J connectivity index is 3.99. The average molecular weight is 394 g/mol. The van der Waals surface area contributed by atoms with Crippen LogP contribution in [0.25, 0.3) is 4.85 Å². The smallest absolute Gasteiger partial charge is 0.306 e. The molecule has 0 aliphatic rings. The Hall–Kier alpha value is -1.04. The highest BCUT2D eigenvalue weighted by atomic mass is 16.5. The van der Waals surface area contributed by atoms with Gasteiger partial charge in [-0.3, -0.25) is 4.79 Å². The van der Waals surface area contributed by atoms with Crippen molar-refractivity contribution in [3.63, 3.8) is 0 Å². The lowest BCUT2D eigenvalue weighted by Crippen LogP contribution is -2.13. The lowest BCUT2D eigenvalue weighted by atomic mass is 9.91. The summed E-state index contributed by atoms with van der Waals surface area (Å²) in [7, 11) is 0. The molecule has 3 heteroatoms. The predicted octanol–water partition coefficient (Wildman–Crippen LogP) is 8.13. The number of carbonyl (C=O) groups is 1. The summed E-state index contributed by atoms with van der Waals surface area (Å²) in [4.78, 5) is 15.4. The fourth-order valence-corrected chi connectivity index (χ4v) is 3.75. The van der Waals surface area contributed by atoms with Crippen LogP contribution in [0.3, 0.4) is 0 Å². The van der Waals surface area contributed by atoms with Crippen LogP contribution < -0.4 is 0 Å². The molecule has 0 aromatic rings. The van der Waals surface area contributed by atoms with Gasteiger partial charge >= 0.3 is 5.97 Å². The van der Waals surface area contributed by atoms with Gasteiger partial charge in [-0.2, -0.15) is 0 Å². The van der Waals surface area contributed by atoms with E-state index in [2.05, 4.69) is 18.7 Å². The van der Waals surface area contributed by atoms with E-state index in [0.717, 1.165) is 0 Å². The summed E-state index contributed by atoms with van der Waals surface area (Å²) in [5.74, 6) is 0.431. The zero-order valence-corrected chi connectivity index (χ0v) is 19.0. The second-order valence-electron chi connectivity index (χ2n) is 8.35. The van der Waals surface area contributed by atoms with E-state index in [4.69, 9.17) is 11.3 Å². The Kier molecular flexibility index (Phi) is 21.4. The fraction of sp³-hybridized carbons (Fsp3) is 0.920. The number of esters is 1. The normalized spacial score (nSPS) is 11.9. The van der Waals surface area contributed by atoms with E-state index in [1.807, 2.05) is 0 Å². The molecule has 3 nitrogen and oxygen atoms in total. The van der Waals surface area contributed by atoms with Crippen molar-refractivity contribution in [1.82, 2.24) is 0 Å². The molecule has 0 fully saturated rings. The third kappa shape index (κ3) is 19.7. The van der Waals surface area contributed by atoms with E-state index in [0.29, 0.717) is 31.9 Å². The van der Waals surface area contributed by atoms with E-state index in [1.54, 1.807) is 0 Å². The Labute approximate surface area is 175 Å². The van der Waals surface area contributed by atoms with Crippen molar-refractivity contribution in [3.8, 4) is 0 Å². The zero-order valence-electron chi connectivity index (χ0n) is 19.0. The van der Waals surface area contributed by atoms with Crippen LogP contribution >= 0.6 is 0 Å². The zero-order chi connectivity index (χ0) is 20.7. The van der Waals surface area contributed by atoms with Gasteiger partial charge in [-0.05, 0) is 18.8 Å². The molecule has 0 amide bonds. The molecule has 1 atom stereocenters. The second kappa shape index (κ2) is 22.3. The quantitative estimate of drug-likeness (QED) is 0.112. The molecule has 0 rings (SSSR count). The highest BCUT2D eigenvalue weighted by Crippen LogP contribution is 2.23. The fourth-order valence-electron chi connectivity index (χ4n) is 3.75. The molecule has 0 heterocycles. The first kappa shape index (κ1) is 27.0. The minimum Gasteiger partial charge on any atom is -0.465 e. The maximum atomic E-state index is 12.1. The maximum absolute atomic E-state index is 12.1. The molecule has 0 saturated heterocycles. The van der Waals surface area contributed by atoms with Crippen LogP contribution in [-0.2, 0) is 9.53 Å². The van der Waals surface area contributed by atoms with Gasteiger partial charge in [0.05, 0.1) is 13.0 Å². The highest BCUT2D eigenvalue weighted by molar-refractivity contribution is 5.69. The minimum absolute atomic E-state index is 0.0551. The van der Waals surface area contributed by atoms with E-state index < -0.39 is 0 Å². The van der Waals surface area contributed by atoms with Crippen molar-refractivity contribution in [1.29, 1.82) is 0 Å². The van der Waals surface area contributed by atoms with Crippen LogP contribution in [0.4, 0.5) is 0 Å². The number of hydrogen-bond donors (Lipinski definition) is 0. The first-order valence-electron chi connectivity index (χ1n) is 12.2. The summed E-state index contributed by atoms with van der Waals surface area (Å²) in [6, 6.07) is 0. The molecular weight excluding hydrogens is 346 g/mol. The molecule has 0 radical (unpaired) electrons. The molecule has 28 heavy (non-hydrogen) atoms. The topological polar surface area (TPSA) is 30.7 Å². The van der Waals surface area contributed by atoms with Gasteiger partial charge in [0.25, 0.3) is 0 Å². The lowest BCUT2D eigenvalue weighted by molar-refractivity contribution is -0.144. The molecule has 0 spiro atoms. The maximum Gasteiger partial charge on any atom is 0.306 e. The molecule has 1 unspecified atom stereocenters. The molecule has 0 N–H and O–H groups in total. The van der Waals surface area contributed by atoms with Crippen molar-refractivity contribution in [2.45, 2.75) is 129 Å². The van der Waals surface area contributed by atoms with Gasteiger partial charge < -0.3 is 9.58 Å². The summed E-state index contributed by atoms with van der Waals surface area (Å²) in [5, 5.41) is 0. The van der Waals surface area contributed by atoms with E-state index in [-0.39, 0.29) is 5.97 Å². The van der Waals surface area contributed by atoms with Crippen LogP contribution in [0.15, 0.2) is 0 Å². The van der Waals surface area contributed by atoms with Crippen LogP contribution in [0.2, 0.25) is 0 Å². The van der Waals surface area contributed by atoms with Crippen LogP contribution in [0, 0.1) is 12.5 Å². The molecular formula is C25H47NO2. The van der Waals surface area contributed by atoms with Gasteiger partial charge in [0.1, 0.15) is 0 Å². The SMILES string of the molecule is [C-]#[N+]CCCOC(=O)CC(CCCCCCCC)CCCCCCCCCC. The van der Waals surface area contributed by atoms with Crippen LogP contribution in [-0.4, -0.2) is 19.1 Å². The van der Waals surface area contributed by atoms with Crippen LogP contribution in [0.5, 0.6) is 0 Å². The standard InChI is InChI=1S/C25H47NO2/c1-4-6-8-10-12-13-15-17-20-24(19-16-14-11-9-7-5-2)23-25(27)28-22-18-21-26-3/h24H,4-23H2,1-2H3. The Bertz CT molecular complexity index is 375. The van der Waals surface area contributed by atoms with Gasteiger partial charge in [-0.1, -0.05) is 104 Å². The lowest BCUT2D eigenvalue weighted by Gasteiger charge is -2.16. The van der Waals surface area contributed by atoms with Gasteiger partial charge in [0.15, 0.2) is 0 Å². The third-order valence-electron chi connectivity index (χ3n) is 5.56. The number of hydrogen-bond acceptors (Lipinski definition) is 2. The highest BCUT2D eigenvalue weighted by Gasteiger charge is 2.15. The van der Waals surface area contributed by atoms with Gasteiger partial charge in [0.2, 0.25) is 6.54 Å². The van der Waals surface area contributed by atoms with Crippen molar-refractivity contribution in [2.75, 3.05) is 13.2 Å².